The molecule has 0 saturated heterocycles. The van der Waals surface area contributed by atoms with Crippen molar-refractivity contribution in [3.63, 3.8) is 0 Å². The SMILES string of the molecule is COc1cc(OC)c(OC)cc1[CH]=[Ru]([Cl])[Cl]. The van der Waals surface area contributed by atoms with Crippen LogP contribution in [0.1, 0.15) is 5.56 Å². The van der Waals surface area contributed by atoms with E-state index in [0.29, 0.717) is 17.2 Å². The zero-order valence-electron chi connectivity index (χ0n) is 9.07. The second kappa shape index (κ2) is 6.43. The molecule has 0 amide bonds. The van der Waals surface area contributed by atoms with Crippen LogP contribution in [0.25, 0.3) is 0 Å². The molecule has 0 unspecified atom stereocenters. The van der Waals surface area contributed by atoms with Gasteiger partial charge in [-0.15, -0.1) is 0 Å². The maximum atomic E-state index is 5.84. The number of benzene rings is 1. The molecule has 0 aromatic heterocycles. The Labute approximate surface area is 108 Å². The molecule has 0 radical (unpaired) electrons. The summed E-state index contributed by atoms with van der Waals surface area (Å²) in [5.74, 6) is 1.90. The minimum atomic E-state index is -1.89. The summed E-state index contributed by atoms with van der Waals surface area (Å²) in [6, 6.07) is 3.54. The van der Waals surface area contributed by atoms with Crippen molar-refractivity contribution >= 4 is 24.0 Å². The molecule has 0 atom stereocenters. The van der Waals surface area contributed by atoms with Crippen LogP contribution in [0.15, 0.2) is 12.1 Å². The number of methoxy groups -OCH3 is 3. The van der Waals surface area contributed by atoms with E-state index >= 15 is 0 Å². The second-order valence-corrected chi connectivity index (χ2v) is 8.48. The molecule has 0 aliphatic heterocycles. The Kier molecular flexibility index (Phi) is 5.53. The Bertz CT molecular complexity index is 403. The molecular weight excluding hydrogens is 340 g/mol. The molecular formula is C10H12Cl2O3Ru. The van der Waals surface area contributed by atoms with Crippen molar-refractivity contribution in [2.24, 2.45) is 0 Å². The van der Waals surface area contributed by atoms with E-state index in [-0.39, 0.29) is 0 Å². The third-order valence-electron chi connectivity index (χ3n) is 1.92. The first-order valence-electron chi connectivity index (χ1n) is 4.25. The summed E-state index contributed by atoms with van der Waals surface area (Å²) in [7, 11) is 16.4. The molecule has 0 saturated carbocycles. The van der Waals surface area contributed by atoms with Crippen LogP contribution in [-0.2, 0) is 13.5 Å². The van der Waals surface area contributed by atoms with Crippen molar-refractivity contribution in [2.75, 3.05) is 21.3 Å². The summed E-state index contributed by atoms with van der Waals surface area (Å²) in [5.41, 5.74) is 0.823. The molecule has 1 aromatic rings. The molecule has 1 aromatic carbocycles. The summed E-state index contributed by atoms with van der Waals surface area (Å²) in [5, 5.41) is 0. The number of halogens is 2. The van der Waals surface area contributed by atoms with Gasteiger partial charge < -0.3 is 0 Å². The van der Waals surface area contributed by atoms with Crippen LogP contribution in [0.5, 0.6) is 17.2 Å². The Morgan fingerprint density at radius 3 is 1.88 bits per heavy atom. The van der Waals surface area contributed by atoms with Crippen molar-refractivity contribution < 1.29 is 27.7 Å². The molecule has 0 bridgehead atoms. The van der Waals surface area contributed by atoms with Crippen molar-refractivity contribution in [3.05, 3.63) is 17.7 Å². The third-order valence-corrected chi connectivity index (χ3v) is 3.76. The predicted molar refractivity (Wildman–Crippen MR) is 63.0 cm³/mol. The second-order valence-electron chi connectivity index (χ2n) is 2.76. The monoisotopic (exact) mass is 352 g/mol. The fourth-order valence-electron chi connectivity index (χ4n) is 1.22. The Balaban J connectivity index is 3.31. The van der Waals surface area contributed by atoms with Crippen molar-refractivity contribution in [1.29, 1.82) is 0 Å². The van der Waals surface area contributed by atoms with E-state index in [0.717, 1.165) is 5.56 Å². The fourth-order valence-corrected chi connectivity index (χ4v) is 3.00. The van der Waals surface area contributed by atoms with Crippen LogP contribution in [0.2, 0.25) is 0 Å². The zero-order chi connectivity index (χ0) is 12.1. The summed E-state index contributed by atoms with van der Waals surface area (Å²) >= 11 is -1.89. The minimum absolute atomic E-state index is 0.611. The Morgan fingerprint density at radius 2 is 1.44 bits per heavy atom. The van der Waals surface area contributed by atoms with E-state index in [1.807, 2.05) is 0 Å². The summed E-state index contributed by atoms with van der Waals surface area (Å²) in [4.78, 5) is 0. The van der Waals surface area contributed by atoms with Crippen LogP contribution in [0, 0.1) is 0 Å². The Hall–Kier alpha value is -0.307. The van der Waals surface area contributed by atoms with E-state index in [2.05, 4.69) is 0 Å². The van der Waals surface area contributed by atoms with Gasteiger partial charge in [0, 0.05) is 0 Å². The van der Waals surface area contributed by atoms with E-state index in [1.165, 1.54) is 0 Å². The first kappa shape index (κ1) is 13.8. The standard InChI is InChI=1S/C10H12O3.2ClH.Ru/c1-7-5-9(12-3)10(13-4)6-8(7)11-2;;;/h1,5-6H,2-4H3;2*1H;/q;;;+2/p-2. The molecule has 3 nitrogen and oxygen atoms in total. The molecule has 0 aliphatic rings. The van der Waals surface area contributed by atoms with Crippen LogP contribution < -0.4 is 14.2 Å². The molecule has 92 valence electrons. The van der Waals surface area contributed by atoms with Gasteiger partial charge in [0.25, 0.3) is 0 Å². The van der Waals surface area contributed by atoms with Crippen LogP contribution in [-0.4, -0.2) is 25.9 Å². The van der Waals surface area contributed by atoms with Crippen molar-refractivity contribution in [2.45, 2.75) is 0 Å². The van der Waals surface area contributed by atoms with E-state index in [9.17, 15) is 0 Å². The maximum absolute atomic E-state index is 5.84. The topological polar surface area (TPSA) is 27.7 Å². The average Bonchev–Trinajstić information content (AvgIpc) is 2.27. The van der Waals surface area contributed by atoms with Gasteiger partial charge in [-0.2, -0.15) is 0 Å². The molecule has 16 heavy (non-hydrogen) atoms. The molecule has 0 heterocycles. The van der Waals surface area contributed by atoms with Gasteiger partial charge in [0.15, 0.2) is 0 Å². The van der Waals surface area contributed by atoms with Gasteiger partial charge in [-0.1, -0.05) is 0 Å². The van der Waals surface area contributed by atoms with Crippen LogP contribution in [0.4, 0.5) is 0 Å². The number of rotatable bonds is 4. The van der Waals surface area contributed by atoms with Gasteiger partial charge in [-0.3, -0.25) is 0 Å². The van der Waals surface area contributed by atoms with Gasteiger partial charge in [0.2, 0.25) is 0 Å². The zero-order valence-corrected chi connectivity index (χ0v) is 12.3. The van der Waals surface area contributed by atoms with Crippen molar-refractivity contribution in [1.82, 2.24) is 0 Å². The number of ether oxygens (including phenoxy) is 3. The fraction of sp³-hybridized carbons (Fsp3) is 0.300. The van der Waals surface area contributed by atoms with Gasteiger partial charge >= 0.3 is 108 Å². The van der Waals surface area contributed by atoms with Gasteiger partial charge in [0.1, 0.15) is 0 Å². The van der Waals surface area contributed by atoms with Gasteiger partial charge in [-0.25, -0.2) is 0 Å². The van der Waals surface area contributed by atoms with Gasteiger partial charge in [0.05, 0.1) is 0 Å². The first-order chi connectivity index (χ1) is 7.62. The average molecular weight is 352 g/mol. The normalized spacial score (nSPS) is 10.7. The first-order valence-corrected chi connectivity index (χ1v) is 9.73. The van der Waals surface area contributed by atoms with Crippen molar-refractivity contribution in [3.8, 4) is 17.2 Å². The van der Waals surface area contributed by atoms with E-state index < -0.39 is 13.5 Å². The van der Waals surface area contributed by atoms with Crippen LogP contribution >= 0.6 is 19.4 Å². The summed E-state index contributed by atoms with van der Waals surface area (Å²) < 4.78 is 17.4. The number of hydrogen-bond donors (Lipinski definition) is 0. The van der Waals surface area contributed by atoms with E-state index in [4.69, 9.17) is 33.6 Å². The molecule has 0 aliphatic carbocycles. The van der Waals surface area contributed by atoms with Crippen LogP contribution in [0.3, 0.4) is 0 Å². The molecule has 1 rings (SSSR count). The third kappa shape index (κ3) is 3.34. The summed E-state index contributed by atoms with van der Waals surface area (Å²) in [6.45, 7) is 0. The predicted octanol–water partition coefficient (Wildman–Crippen LogP) is 2.79. The van der Waals surface area contributed by atoms with Gasteiger partial charge in [-0.05, 0) is 0 Å². The number of hydrogen-bond acceptors (Lipinski definition) is 3. The summed E-state index contributed by atoms with van der Waals surface area (Å²) in [6.07, 6.45) is 0. The quantitative estimate of drug-likeness (QED) is 0.780. The Morgan fingerprint density at radius 1 is 0.938 bits per heavy atom. The van der Waals surface area contributed by atoms with E-state index in [1.54, 1.807) is 38.1 Å². The molecule has 0 fully saturated rings. The molecule has 6 heteroatoms. The molecule has 0 spiro atoms. The molecule has 0 N–H and O–H groups in total.